The van der Waals surface area contributed by atoms with Crippen LogP contribution in [-0.2, 0) is 4.79 Å². The minimum Gasteiger partial charge on any atom is -0.341 e. The van der Waals surface area contributed by atoms with Gasteiger partial charge in [-0.3, -0.25) is 9.69 Å². The standard InChI is InChI=1S/C11H21N3OS/c12-8-10-7-11(15)14(9-10)2-1-13-3-5-16-6-4-13/h10H,1-9,12H2. The summed E-state index contributed by atoms with van der Waals surface area (Å²) in [6.45, 7) is 5.78. The van der Waals surface area contributed by atoms with E-state index in [2.05, 4.69) is 4.90 Å². The van der Waals surface area contributed by atoms with Crippen LogP contribution in [0, 0.1) is 5.92 Å². The van der Waals surface area contributed by atoms with Crippen molar-refractivity contribution in [3.8, 4) is 0 Å². The van der Waals surface area contributed by atoms with Gasteiger partial charge in [-0.05, 0) is 12.5 Å². The molecule has 1 unspecified atom stereocenters. The fourth-order valence-corrected chi connectivity index (χ4v) is 3.29. The first-order valence-electron chi connectivity index (χ1n) is 6.07. The molecule has 2 fully saturated rings. The Morgan fingerprint density at radius 1 is 1.31 bits per heavy atom. The summed E-state index contributed by atoms with van der Waals surface area (Å²) in [6, 6.07) is 0. The molecular weight excluding hydrogens is 222 g/mol. The van der Waals surface area contributed by atoms with Gasteiger partial charge in [0.2, 0.25) is 5.91 Å². The molecule has 2 heterocycles. The minimum absolute atomic E-state index is 0.293. The maximum atomic E-state index is 11.7. The van der Waals surface area contributed by atoms with Crippen LogP contribution in [0.2, 0.25) is 0 Å². The summed E-state index contributed by atoms with van der Waals surface area (Å²) >= 11 is 2.02. The fourth-order valence-electron chi connectivity index (χ4n) is 2.31. The van der Waals surface area contributed by atoms with Gasteiger partial charge in [0.25, 0.3) is 0 Å². The maximum absolute atomic E-state index is 11.7. The summed E-state index contributed by atoms with van der Waals surface area (Å²) in [5, 5.41) is 0. The molecule has 5 heteroatoms. The van der Waals surface area contributed by atoms with E-state index in [0.29, 0.717) is 24.8 Å². The van der Waals surface area contributed by atoms with Crippen molar-refractivity contribution in [3.63, 3.8) is 0 Å². The van der Waals surface area contributed by atoms with Crippen molar-refractivity contribution in [1.29, 1.82) is 0 Å². The average Bonchev–Trinajstić information content (AvgIpc) is 2.69. The Hall–Kier alpha value is -0.260. The normalized spacial score (nSPS) is 27.7. The van der Waals surface area contributed by atoms with Crippen molar-refractivity contribution in [2.24, 2.45) is 11.7 Å². The van der Waals surface area contributed by atoms with E-state index in [1.807, 2.05) is 16.7 Å². The Morgan fingerprint density at radius 3 is 2.69 bits per heavy atom. The van der Waals surface area contributed by atoms with Gasteiger partial charge in [-0.15, -0.1) is 0 Å². The van der Waals surface area contributed by atoms with E-state index in [-0.39, 0.29) is 0 Å². The summed E-state index contributed by atoms with van der Waals surface area (Å²) in [7, 11) is 0. The van der Waals surface area contributed by atoms with Crippen LogP contribution in [0.5, 0.6) is 0 Å². The number of rotatable bonds is 4. The summed E-state index contributed by atoms with van der Waals surface area (Å²) in [6.07, 6.45) is 0.659. The van der Waals surface area contributed by atoms with Crippen LogP contribution < -0.4 is 5.73 Å². The predicted molar refractivity (Wildman–Crippen MR) is 67.5 cm³/mol. The predicted octanol–water partition coefficient (Wildman–Crippen LogP) is -0.158. The molecule has 0 radical (unpaired) electrons. The molecule has 2 saturated heterocycles. The number of carbonyl (C=O) groups excluding carboxylic acids is 1. The lowest BCUT2D eigenvalue weighted by Gasteiger charge is -2.28. The van der Waals surface area contributed by atoms with Gasteiger partial charge in [-0.25, -0.2) is 0 Å². The van der Waals surface area contributed by atoms with Crippen molar-refractivity contribution in [3.05, 3.63) is 0 Å². The van der Waals surface area contributed by atoms with Gasteiger partial charge in [0, 0.05) is 50.7 Å². The number of hydrogen-bond donors (Lipinski definition) is 1. The lowest BCUT2D eigenvalue weighted by molar-refractivity contribution is -0.127. The lowest BCUT2D eigenvalue weighted by Crippen LogP contribution is -2.40. The van der Waals surface area contributed by atoms with Gasteiger partial charge in [-0.2, -0.15) is 11.8 Å². The van der Waals surface area contributed by atoms with Gasteiger partial charge in [0.05, 0.1) is 0 Å². The Bertz CT molecular complexity index is 243. The van der Waals surface area contributed by atoms with E-state index >= 15 is 0 Å². The third-order valence-corrected chi connectivity index (χ3v) is 4.36. The summed E-state index contributed by atoms with van der Waals surface area (Å²) in [5.41, 5.74) is 5.61. The SMILES string of the molecule is NCC1CC(=O)N(CCN2CCSCC2)C1. The molecule has 0 aromatic carbocycles. The van der Waals surface area contributed by atoms with Gasteiger partial charge in [0.15, 0.2) is 0 Å². The second-order valence-electron chi connectivity index (χ2n) is 4.60. The monoisotopic (exact) mass is 243 g/mol. The minimum atomic E-state index is 0.293. The highest BCUT2D eigenvalue weighted by Gasteiger charge is 2.28. The van der Waals surface area contributed by atoms with Crippen molar-refractivity contribution >= 4 is 17.7 Å². The third-order valence-electron chi connectivity index (χ3n) is 3.42. The molecule has 16 heavy (non-hydrogen) atoms. The first-order valence-corrected chi connectivity index (χ1v) is 7.23. The molecule has 2 aliphatic rings. The van der Waals surface area contributed by atoms with E-state index in [4.69, 9.17) is 5.73 Å². The Morgan fingerprint density at radius 2 is 2.06 bits per heavy atom. The molecule has 1 atom stereocenters. The zero-order valence-electron chi connectivity index (χ0n) is 9.73. The van der Waals surface area contributed by atoms with E-state index < -0.39 is 0 Å². The van der Waals surface area contributed by atoms with E-state index in [0.717, 1.165) is 19.6 Å². The quantitative estimate of drug-likeness (QED) is 0.745. The van der Waals surface area contributed by atoms with Crippen LogP contribution in [0.3, 0.4) is 0 Å². The summed E-state index contributed by atoms with van der Waals surface area (Å²) in [4.78, 5) is 16.1. The molecule has 2 aliphatic heterocycles. The molecule has 0 aromatic heterocycles. The molecule has 0 aromatic rings. The number of carbonyl (C=O) groups is 1. The van der Waals surface area contributed by atoms with Gasteiger partial charge >= 0.3 is 0 Å². The first kappa shape index (κ1) is 12.2. The topological polar surface area (TPSA) is 49.6 Å². The third kappa shape index (κ3) is 3.12. The molecule has 2 N–H and O–H groups in total. The average molecular weight is 243 g/mol. The van der Waals surface area contributed by atoms with Crippen LogP contribution in [0.1, 0.15) is 6.42 Å². The highest BCUT2D eigenvalue weighted by Crippen LogP contribution is 2.16. The van der Waals surface area contributed by atoms with Crippen molar-refractivity contribution in [1.82, 2.24) is 9.80 Å². The molecule has 0 bridgehead atoms. The van der Waals surface area contributed by atoms with E-state index in [1.54, 1.807) is 0 Å². The number of thioether (sulfide) groups is 1. The van der Waals surface area contributed by atoms with E-state index in [1.165, 1.54) is 24.6 Å². The molecule has 2 rings (SSSR count). The Labute approximate surface area is 102 Å². The molecule has 92 valence electrons. The van der Waals surface area contributed by atoms with Crippen molar-refractivity contribution < 1.29 is 4.79 Å². The maximum Gasteiger partial charge on any atom is 0.223 e. The second-order valence-corrected chi connectivity index (χ2v) is 5.82. The smallest absolute Gasteiger partial charge is 0.223 e. The zero-order valence-corrected chi connectivity index (χ0v) is 10.5. The highest BCUT2D eigenvalue weighted by atomic mass is 32.2. The van der Waals surface area contributed by atoms with Gasteiger partial charge in [0.1, 0.15) is 0 Å². The van der Waals surface area contributed by atoms with Crippen LogP contribution in [-0.4, -0.2) is 66.5 Å². The highest BCUT2D eigenvalue weighted by molar-refractivity contribution is 7.99. The number of hydrogen-bond acceptors (Lipinski definition) is 4. The molecule has 1 amide bonds. The van der Waals surface area contributed by atoms with E-state index in [9.17, 15) is 4.79 Å². The second kappa shape index (κ2) is 5.89. The zero-order chi connectivity index (χ0) is 11.4. The molecular formula is C11H21N3OS. The Balaban J connectivity index is 1.71. The number of nitrogens with two attached hydrogens (primary N) is 1. The number of amides is 1. The molecule has 4 nitrogen and oxygen atoms in total. The largest absolute Gasteiger partial charge is 0.341 e. The van der Waals surface area contributed by atoms with Crippen LogP contribution in [0.15, 0.2) is 0 Å². The summed E-state index contributed by atoms with van der Waals surface area (Å²) in [5.74, 6) is 3.16. The Kier molecular flexibility index (Phi) is 4.49. The van der Waals surface area contributed by atoms with Crippen LogP contribution in [0.25, 0.3) is 0 Å². The number of nitrogens with zero attached hydrogens (tertiary/aromatic N) is 2. The van der Waals surface area contributed by atoms with Crippen LogP contribution in [0.4, 0.5) is 0 Å². The summed E-state index contributed by atoms with van der Waals surface area (Å²) < 4.78 is 0. The van der Waals surface area contributed by atoms with Crippen molar-refractivity contribution in [2.75, 3.05) is 50.8 Å². The van der Waals surface area contributed by atoms with Gasteiger partial charge in [-0.1, -0.05) is 0 Å². The molecule has 0 saturated carbocycles. The fraction of sp³-hybridized carbons (Fsp3) is 0.909. The van der Waals surface area contributed by atoms with Gasteiger partial charge < -0.3 is 10.6 Å². The van der Waals surface area contributed by atoms with Crippen LogP contribution >= 0.6 is 11.8 Å². The molecule has 0 spiro atoms. The first-order chi connectivity index (χ1) is 7.79. The lowest BCUT2D eigenvalue weighted by atomic mass is 10.1. The number of likely N-dealkylation sites (tertiary alicyclic amines) is 1. The van der Waals surface area contributed by atoms with Crippen molar-refractivity contribution in [2.45, 2.75) is 6.42 Å². The molecule has 0 aliphatic carbocycles.